The van der Waals surface area contributed by atoms with E-state index >= 15 is 0 Å². The van der Waals surface area contributed by atoms with Gasteiger partial charge in [0.1, 0.15) is 6.33 Å². The van der Waals surface area contributed by atoms with Gasteiger partial charge in [0.25, 0.3) is 5.88 Å². The normalized spacial score (nSPS) is 16.1. The summed E-state index contributed by atoms with van der Waals surface area (Å²) in [7, 11) is 1.27. The Kier molecular flexibility index (Phi) is 3.68. The van der Waals surface area contributed by atoms with Gasteiger partial charge in [-0.05, 0) is 12.8 Å². The van der Waals surface area contributed by atoms with E-state index in [0.717, 1.165) is 12.7 Å². The number of aromatic nitrogens is 2. The van der Waals surface area contributed by atoms with Crippen molar-refractivity contribution >= 4 is 17.5 Å². The molecule has 1 heterocycles. The van der Waals surface area contributed by atoms with Gasteiger partial charge in [0.15, 0.2) is 0 Å². The van der Waals surface area contributed by atoms with Gasteiger partial charge in [-0.25, -0.2) is 4.98 Å². The molecular formula is C11H14N4O5. The first-order valence-electron chi connectivity index (χ1n) is 6.01. The quantitative estimate of drug-likeness (QED) is 0.585. The van der Waals surface area contributed by atoms with E-state index in [9.17, 15) is 20.0 Å². The Bertz CT molecular complexity index is 544. The molecule has 0 atom stereocenters. The topological polar surface area (TPSA) is 127 Å². The van der Waals surface area contributed by atoms with Crippen LogP contribution in [0.15, 0.2) is 6.33 Å². The van der Waals surface area contributed by atoms with E-state index in [1.807, 2.05) is 0 Å². The van der Waals surface area contributed by atoms with Crippen molar-refractivity contribution in [3.63, 3.8) is 0 Å². The number of aliphatic carboxylic acids is 1. The van der Waals surface area contributed by atoms with E-state index in [-0.39, 0.29) is 18.2 Å². The highest BCUT2D eigenvalue weighted by Gasteiger charge is 2.44. The van der Waals surface area contributed by atoms with Crippen molar-refractivity contribution in [2.24, 2.45) is 5.41 Å². The van der Waals surface area contributed by atoms with E-state index in [2.05, 4.69) is 15.3 Å². The summed E-state index contributed by atoms with van der Waals surface area (Å²) in [5.41, 5.74) is -1.26. The summed E-state index contributed by atoms with van der Waals surface area (Å²) in [6.07, 6.45) is 3.06. The van der Waals surface area contributed by atoms with Gasteiger partial charge in [-0.3, -0.25) is 14.9 Å². The Morgan fingerprint density at radius 3 is 2.75 bits per heavy atom. The molecular weight excluding hydrogens is 268 g/mol. The average molecular weight is 282 g/mol. The molecule has 9 nitrogen and oxygen atoms in total. The van der Waals surface area contributed by atoms with Gasteiger partial charge in [-0.2, -0.15) is 4.98 Å². The number of hydrogen-bond acceptors (Lipinski definition) is 7. The number of ether oxygens (including phenoxy) is 1. The minimum absolute atomic E-state index is 0.0330. The van der Waals surface area contributed by atoms with Crippen molar-refractivity contribution in [1.29, 1.82) is 0 Å². The predicted molar refractivity (Wildman–Crippen MR) is 67.6 cm³/mol. The lowest BCUT2D eigenvalue weighted by molar-refractivity contribution is -0.385. The molecule has 9 heteroatoms. The maximum absolute atomic E-state index is 11.2. The smallest absolute Gasteiger partial charge is 0.372 e. The number of rotatable bonds is 6. The van der Waals surface area contributed by atoms with E-state index in [0.29, 0.717) is 12.8 Å². The number of anilines is 1. The molecule has 0 unspecified atom stereocenters. The molecule has 1 aromatic rings. The molecule has 0 radical (unpaired) electrons. The number of nitrogens with one attached hydrogen (secondary N) is 1. The zero-order valence-electron chi connectivity index (χ0n) is 10.8. The van der Waals surface area contributed by atoms with E-state index in [4.69, 9.17) is 4.74 Å². The number of carbonyl (C=O) groups is 1. The fourth-order valence-corrected chi connectivity index (χ4v) is 2.13. The minimum Gasteiger partial charge on any atom is -0.481 e. The first-order chi connectivity index (χ1) is 9.50. The molecule has 108 valence electrons. The molecule has 1 fully saturated rings. The van der Waals surface area contributed by atoms with Crippen molar-refractivity contribution in [1.82, 2.24) is 9.97 Å². The third-order valence-electron chi connectivity index (χ3n) is 3.52. The van der Waals surface area contributed by atoms with Crippen LogP contribution in [0.3, 0.4) is 0 Å². The van der Waals surface area contributed by atoms with Crippen molar-refractivity contribution in [2.75, 3.05) is 19.0 Å². The van der Waals surface area contributed by atoms with Crippen LogP contribution in [0.25, 0.3) is 0 Å². The highest BCUT2D eigenvalue weighted by atomic mass is 16.6. The molecule has 0 amide bonds. The number of nitro groups is 1. The Hall–Kier alpha value is -2.45. The number of methoxy groups -OCH3 is 1. The zero-order valence-corrected chi connectivity index (χ0v) is 10.8. The molecule has 2 N–H and O–H groups in total. The lowest BCUT2D eigenvalue weighted by Gasteiger charge is -2.37. The van der Waals surface area contributed by atoms with Crippen LogP contribution in [0.1, 0.15) is 19.3 Å². The molecule has 0 saturated heterocycles. The average Bonchev–Trinajstić information content (AvgIpc) is 2.36. The van der Waals surface area contributed by atoms with Crippen LogP contribution < -0.4 is 10.1 Å². The van der Waals surface area contributed by atoms with Gasteiger partial charge in [-0.1, -0.05) is 6.42 Å². The van der Waals surface area contributed by atoms with Gasteiger partial charge >= 0.3 is 11.7 Å². The molecule has 2 rings (SSSR count). The van der Waals surface area contributed by atoms with Crippen LogP contribution in [0.2, 0.25) is 0 Å². The van der Waals surface area contributed by atoms with Crippen LogP contribution in [0.5, 0.6) is 5.88 Å². The number of hydrogen-bond donors (Lipinski definition) is 2. The Morgan fingerprint density at radius 2 is 2.30 bits per heavy atom. The molecule has 0 aliphatic heterocycles. The van der Waals surface area contributed by atoms with Crippen LogP contribution in [0, 0.1) is 15.5 Å². The SMILES string of the molecule is COc1ncnc(NCC2(C(=O)O)CCC2)c1[N+](=O)[O-]. The molecule has 1 saturated carbocycles. The summed E-state index contributed by atoms with van der Waals surface area (Å²) in [5, 5.41) is 23.0. The molecule has 0 spiro atoms. The van der Waals surface area contributed by atoms with Crippen molar-refractivity contribution < 1.29 is 19.6 Å². The maximum atomic E-state index is 11.2. The molecule has 1 aliphatic rings. The molecule has 0 bridgehead atoms. The highest BCUT2D eigenvalue weighted by molar-refractivity contribution is 5.77. The summed E-state index contributed by atoms with van der Waals surface area (Å²) >= 11 is 0. The Morgan fingerprint density at radius 1 is 1.60 bits per heavy atom. The third kappa shape index (κ3) is 2.33. The van der Waals surface area contributed by atoms with Crippen molar-refractivity contribution in [2.45, 2.75) is 19.3 Å². The van der Waals surface area contributed by atoms with E-state index in [1.165, 1.54) is 7.11 Å². The van der Waals surface area contributed by atoms with Crippen LogP contribution in [-0.2, 0) is 4.79 Å². The largest absolute Gasteiger partial charge is 0.481 e. The molecule has 1 aliphatic carbocycles. The fourth-order valence-electron chi connectivity index (χ4n) is 2.13. The predicted octanol–water partition coefficient (Wildman–Crippen LogP) is 1.06. The van der Waals surface area contributed by atoms with Crippen molar-refractivity contribution in [3.8, 4) is 5.88 Å². The highest BCUT2D eigenvalue weighted by Crippen LogP contribution is 2.42. The van der Waals surface area contributed by atoms with Crippen molar-refractivity contribution in [3.05, 3.63) is 16.4 Å². The number of carboxylic acids is 1. The lowest BCUT2D eigenvalue weighted by atomic mass is 9.69. The number of nitrogens with zero attached hydrogens (tertiary/aromatic N) is 3. The minimum atomic E-state index is -0.903. The molecule has 1 aromatic heterocycles. The van der Waals surface area contributed by atoms with Crippen LogP contribution in [0.4, 0.5) is 11.5 Å². The lowest BCUT2D eigenvalue weighted by Crippen LogP contribution is -2.43. The van der Waals surface area contributed by atoms with Gasteiger partial charge in [0.05, 0.1) is 17.4 Å². The summed E-state index contributed by atoms with van der Waals surface area (Å²) < 4.78 is 4.82. The first kappa shape index (κ1) is 14.0. The Balaban J connectivity index is 2.21. The van der Waals surface area contributed by atoms with Gasteiger partial charge in [-0.15, -0.1) is 0 Å². The van der Waals surface area contributed by atoms with Crippen LogP contribution in [-0.4, -0.2) is 39.6 Å². The summed E-state index contributed by atoms with van der Waals surface area (Å²) in [5.74, 6) is -1.10. The second kappa shape index (κ2) is 5.27. The number of carboxylic acid groups (broad SMARTS) is 1. The monoisotopic (exact) mass is 282 g/mol. The molecule has 20 heavy (non-hydrogen) atoms. The zero-order chi connectivity index (χ0) is 14.8. The summed E-state index contributed by atoms with van der Waals surface area (Å²) in [6, 6.07) is 0. The second-order valence-electron chi connectivity index (χ2n) is 4.63. The standard InChI is InChI=1S/C11H14N4O5/c1-20-9-7(15(18)19)8(13-6-14-9)12-5-11(10(16)17)3-2-4-11/h6H,2-5H2,1H3,(H,16,17)(H,12,13,14). The van der Waals surface area contributed by atoms with Gasteiger partial charge in [0, 0.05) is 6.54 Å². The molecule has 0 aromatic carbocycles. The van der Waals surface area contributed by atoms with Gasteiger partial charge in [0.2, 0.25) is 5.82 Å². The summed E-state index contributed by atoms with van der Waals surface area (Å²) in [4.78, 5) is 29.1. The summed E-state index contributed by atoms with van der Waals surface area (Å²) in [6.45, 7) is 0.0866. The second-order valence-corrected chi connectivity index (χ2v) is 4.63. The maximum Gasteiger partial charge on any atom is 0.372 e. The van der Waals surface area contributed by atoms with E-state index in [1.54, 1.807) is 0 Å². The first-order valence-corrected chi connectivity index (χ1v) is 6.01. The third-order valence-corrected chi connectivity index (χ3v) is 3.52. The van der Waals surface area contributed by atoms with E-state index < -0.39 is 22.0 Å². The van der Waals surface area contributed by atoms with Gasteiger partial charge < -0.3 is 15.2 Å². The fraction of sp³-hybridized carbons (Fsp3) is 0.545. The Labute approximate surface area is 114 Å². The van der Waals surface area contributed by atoms with Crippen LogP contribution >= 0.6 is 0 Å².